The third-order valence-electron chi connectivity index (χ3n) is 4.43. The Kier molecular flexibility index (Phi) is 7.69. The lowest BCUT2D eigenvalue weighted by molar-refractivity contribution is -0.149. The number of hydrogen-bond donors (Lipinski definition) is 1. The summed E-state index contributed by atoms with van der Waals surface area (Å²) >= 11 is 0. The molecule has 144 valence electrons. The maximum atomic E-state index is 11.9. The van der Waals surface area contributed by atoms with Gasteiger partial charge in [-0.3, -0.25) is 4.79 Å². The lowest BCUT2D eigenvalue weighted by Crippen LogP contribution is -2.46. The minimum atomic E-state index is -0.0675. The van der Waals surface area contributed by atoms with Crippen LogP contribution in [0.2, 0.25) is 0 Å². The van der Waals surface area contributed by atoms with Crippen molar-refractivity contribution < 1.29 is 9.53 Å². The summed E-state index contributed by atoms with van der Waals surface area (Å²) in [6, 6.07) is 4.05. The quantitative estimate of drug-likeness (QED) is 0.474. The average Bonchev–Trinajstić information content (AvgIpc) is 2.65. The molecule has 1 aromatic rings. The van der Waals surface area contributed by atoms with Gasteiger partial charge in [-0.25, -0.2) is 9.98 Å². The number of piperidine rings is 1. The van der Waals surface area contributed by atoms with Gasteiger partial charge in [0.2, 0.25) is 0 Å². The zero-order valence-corrected chi connectivity index (χ0v) is 16.4. The number of carbonyl (C=O) groups is 1. The molecule has 1 N–H and O–H groups in total. The molecule has 0 saturated carbocycles. The Balaban J connectivity index is 1.99. The number of aromatic nitrogens is 1. The van der Waals surface area contributed by atoms with Crippen LogP contribution in [-0.4, -0.2) is 62.1 Å². The SMILES string of the molecule is CCNC(=NCc1ccnc(N(C)C)c1)N1CCC(C(=O)OCC)CC1. The Morgan fingerprint density at radius 2 is 2.12 bits per heavy atom. The minimum absolute atomic E-state index is 0.0110. The lowest BCUT2D eigenvalue weighted by Gasteiger charge is -2.33. The first kappa shape index (κ1) is 20.0. The summed E-state index contributed by atoms with van der Waals surface area (Å²) in [5, 5.41) is 3.36. The van der Waals surface area contributed by atoms with E-state index in [1.807, 2.05) is 38.2 Å². The second kappa shape index (κ2) is 9.99. The number of anilines is 1. The standard InChI is InChI=1S/C19H31N5O2/c1-5-20-19(22-14-15-7-10-21-17(13-15)23(3)4)24-11-8-16(9-12-24)18(25)26-6-2/h7,10,13,16H,5-6,8-9,11-12,14H2,1-4H3,(H,20,22). The van der Waals surface area contributed by atoms with E-state index in [2.05, 4.69) is 28.2 Å². The van der Waals surface area contributed by atoms with Crippen molar-refractivity contribution >= 4 is 17.7 Å². The van der Waals surface area contributed by atoms with Crippen molar-refractivity contribution in [1.29, 1.82) is 0 Å². The highest BCUT2D eigenvalue weighted by molar-refractivity contribution is 5.80. The summed E-state index contributed by atoms with van der Waals surface area (Å²) in [5.41, 5.74) is 1.13. The van der Waals surface area contributed by atoms with Crippen molar-refractivity contribution in [3.63, 3.8) is 0 Å². The van der Waals surface area contributed by atoms with Crippen molar-refractivity contribution in [3.8, 4) is 0 Å². The molecule has 0 atom stereocenters. The van der Waals surface area contributed by atoms with E-state index in [9.17, 15) is 4.79 Å². The highest BCUT2D eigenvalue weighted by atomic mass is 16.5. The van der Waals surface area contributed by atoms with Crippen molar-refractivity contribution in [2.75, 3.05) is 45.2 Å². The minimum Gasteiger partial charge on any atom is -0.466 e. The molecule has 26 heavy (non-hydrogen) atoms. The van der Waals surface area contributed by atoms with Gasteiger partial charge in [0, 0.05) is 39.9 Å². The normalized spacial score (nSPS) is 15.7. The molecule has 0 radical (unpaired) electrons. The Morgan fingerprint density at radius 1 is 1.38 bits per heavy atom. The number of likely N-dealkylation sites (tertiary alicyclic amines) is 1. The third kappa shape index (κ3) is 5.61. The molecule has 2 rings (SSSR count). The summed E-state index contributed by atoms with van der Waals surface area (Å²) < 4.78 is 5.15. The first-order chi connectivity index (χ1) is 12.5. The molecule has 1 saturated heterocycles. The number of hydrogen-bond acceptors (Lipinski definition) is 5. The maximum absolute atomic E-state index is 11.9. The molecular weight excluding hydrogens is 330 g/mol. The number of ether oxygens (including phenoxy) is 1. The first-order valence-electron chi connectivity index (χ1n) is 9.37. The highest BCUT2D eigenvalue weighted by Gasteiger charge is 2.27. The van der Waals surface area contributed by atoms with Crippen LogP contribution >= 0.6 is 0 Å². The molecule has 0 aromatic carbocycles. The van der Waals surface area contributed by atoms with Crippen LogP contribution in [0, 0.1) is 5.92 Å². The van der Waals surface area contributed by atoms with Crippen LogP contribution in [0.25, 0.3) is 0 Å². The van der Waals surface area contributed by atoms with Gasteiger partial charge in [-0.15, -0.1) is 0 Å². The number of pyridine rings is 1. The monoisotopic (exact) mass is 361 g/mol. The number of aliphatic imine (C=N–C) groups is 1. The summed E-state index contributed by atoms with van der Waals surface area (Å²) in [5.74, 6) is 1.77. The van der Waals surface area contributed by atoms with Crippen LogP contribution < -0.4 is 10.2 Å². The van der Waals surface area contributed by atoms with Gasteiger partial charge in [-0.2, -0.15) is 0 Å². The van der Waals surface area contributed by atoms with Crippen molar-refractivity contribution in [2.24, 2.45) is 10.9 Å². The zero-order chi connectivity index (χ0) is 18.9. The van der Waals surface area contributed by atoms with E-state index in [1.165, 1.54) is 0 Å². The fourth-order valence-corrected chi connectivity index (χ4v) is 2.98. The van der Waals surface area contributed by atoms with Crippen molar-refractivity contribution in [1.82, 2.24) is 15.2 Å². The Morgan fingerprint density at radius 3 is 2.73 bits per heavy atom. The number of nitrogens with zero attached hydrogens (tertiary/aromatic N) is 4. The smallest absolute Gasteiger partial charge is 0.309 e. The van der Waals surface area contributed by atoms with E-state index in [0.717, 1.165) is 49.8 Å². The van der Waals surface area contributed by atoms with Gasteiger partial charge in [0.15, 0.2) is 5.96 Å². The second-order valence-electron chi connectivity index (χ2n) is 6.60. The zero-order valence-electron chi connectivity index (χ0n) is 16.4. The highest BCUT2D eigenvalue weighted by Crippen LogP contribution is 2.19. The molecule has 7 heteroatoms. The van der Waals surface area contributed by atoms with Crippen LogP contribution in [0.4, 0.5) is 5.82 Å². The molecule has 0 aliphatic carbocycles. The van der Waals surface area contributed by atoms with Gasteiger partial charge >= 0.3 is 5.97 Å². The van der Waals surface area contributed by atoms with E-state index in [1.54, 1.807) is 0 Å². The topological polar surface area (TPSA) is 70.1 Å². The molecule has 2 heterocycles. The van der Waals surface area contributed by atoms with Gasteiger partial charge < -0.3 is 19.9 Å². The fraction of sp³-hybridized carbons (Fsp3) is 0.632. The van der Waals surface area contributed by atoms with E-state index < -0.39 is 0 Å². The van der Waals surface area contributed by atoms with Crippen LogP contribution in [-0.2, 0) is 16.1 Å². The fourth-order valence-electron chi connectivity index (χ4n) is 2.98. The number of nitrogens with one attached hydrogen (secondary N) is 1. The lowest BCUT2D eigenvalue weighted by atomic mass is 9.97. The van der Waals surface area contributed by atoms with Crippen LogP contribution in [0.5, 0.6) is 0 Å². The van der Waals surface area contributed by atoms with Gasteiger partial charge in [-0.1, -0.05) is 0 Å². The third-order valence-corrected chi connectivity index (χ3v) is 4.43. The summed E-state index contributed by atoms with van der Waals surface area (Å²) in [7, 11) is 3.96. The summed E-state index contributed by atoms with van der Waals surface area (Å²) in [6.07, 6.45) is 3.44. The maximum Gasteiger partial charge on any atom is 0.309 e. The number of esters is 1. The summed E-state index contributed by atoms with van der Waals surface area (Å²) in [6.45, 7) is 7.41. The molecular formula is C19H31N5O2. The number of guanidine groups is 1. The molecule has 0 bridgehead atoms. The molecule has 1 aliphatic heterocycles. The van der Waals surface area contributed by atoms with Crippen LogP contribution in [0.15, 0.2) is 23.3 Å². The predicted octanol–water partition coefficient (Wildman–Crippen LogP) is 1.89. The Bertz CT molecular complexity index is 610. The van der Waals surface area contributed by atoms with E-state index in [0.29, 0.717) is 13.2 Å². The molecule has 0 amide bonds. The van der Waals surface area contributed by atoms with Gasteiger partial charge in [0.1, 0.15) is 5.82 Å². The average molecular weight is 361 g/mol. The van der Waals surface area contributed by atoms with E-state index in [-0.39, 0.29) is 11.9 Å². The van der Waals surface area contributed by atoms with Gasteiger partial charge in [0.05, 0.1) is 19.1 Å². The molecule has 1 aromatic heterocycles. The van der Waals surface area contributed by atoms with Crippen LogP contribution in [0.3, 0.4) is 0 Å². The molecule has 1 fully saturated rings. The molecule has 7 nitrogen and oxygen atoms in total. The predicted molar refractivity (Wildman–Crippen MR) is 104 cm³/mol. The molecule has 1 aliphatic rings. The second-order valence-corrected chi connectivity index (χ2v) is 6.60. The summed E-state index contributed by atoms with van der Waals surface area (Å²) in [4.78, 5) is 25.2. The Labute approximate surface area is 156 Å². The van der Waals surface area contributed by atoms with Crippen LogP contribution in [0.1, 0.15) is 32.3 Å². The van der Waals surface area contributed by atoms with Crippen molar-refractivity contribution in [2.45, 2.75) is 33.2 Å². The molecule has 0 spiro atoms. The van der Waals surface area contributed by atoms with Gasteiger partial charge in [-0.05, 0) is 44.4 Å². The Hall–Kier alpha value is -2.31. The van der Waals surface area contributed by atoms with Gasteiger partial charge in [0.25, 0.3) is 0 Å². The first-order valence-corrected chi connectivity index (χ1v) is 9.37. The number of carbonyl (C=O) groups excluding carboxylic acids is 1. The molecule has 0 unspecified atom stereocenters. The van der Waals surface area contributed by atoms with E-state index >= 15 is 0 Å². The van der Waals surface area contributed by atoms with Crippen molar-refractivity contribution in [3.05, 3.63) is 23.9 Å². The number of rotatable bonds is 6. The largest absolute Gasteiger partial charge is 0.466 e. The van der Waals surface area contributed by atoms with E-state index in [4.69, 9.17) is 9.73 Å².